The van der Waals surface area contributed by atoms with Crippen molar-refractivity contribution in [3.63, 3.8) is 0 Å². The third-order valence-corrected chi connectivity index (χ3v) is 4.15. The summed E-state index contributed by atoms with van der Waals surface area (Å²) in [6, 6.07) is 8.55. The molecule has 19 heavy (non-hydrogen) atoms. The van der Waals surface area contributed by atoms with Gasteiger partial charge in [-0.2, -0.15) is 0 Å². The third-order valence-electron chi connectivity index (χ3n) is 4.15. The Hall–Kier alpha value is -1.90. The summed E-state index contributed by atoms with van der Waals surface area (Å²) >= 11 is 0. The van der Waals surface area contributed by atoms with Crippen LogP contribution in [0, 0.1) is 13.8 Å². The van der Waals surface area contributed by atoms with Gasteiger partial charge in [0.2, 0.25) is 0 Å². The van der Waals surface area contributed by atoms with Crippen molar-refractivity contribution < 1.29 is 0 Å². The fourth-order valence-corrected chi connectivity index (χ4v) is 2.79. The lowest BCUT2D eigenvalue weighted by Crippen LogP contribution is -2.22. The minimum absolute atomic E-state index is 0.00126. The van der Waals surface area contributed by atoms with E-state index in [-0.39, 0.29) is 5.56 Å². The smallest absolute Gasteiger partial charge is 0.254 e. The topological polar surface area (TPSA) is 45.8 Å². The van der Waals surface area contributed by atoms with E-state index in [1.165, 1.54) is 11.1 Å². The summed E-state index contributed by atoms with van der Waals surface area (Å²) in [5.74, 6) is 1.18. The monoisotopic (exact) mass is 254 g/mol. The van der Waals surface area contributed by atoms with Crippen LogP contribution >= 0.6 is 0 Å². The highest BCUT2D eigenvalue weighted by Gasteiger charge is 2.22. The fourth-order valence-electron chi connectivity index (χ4n) is 2.79. The van der Waals surface area contributed by atoms with Crippen LogP contribution in [-0.4, -0.2) is 9.97 Å². The van der Waals surface area contributed by atoms with Crippen molar-refractivity contribution in [2.45, 2.75) is 39.0 Å². The summed E-state index contributed by atoms with van der Waals surface area (Å²) in [4.78, 5) is 19.4. The van der Waals surface area contributed by atoms with Gasteiger partial charge >= 0.3 is 0 Å². The Labute approximate surface area is 112 Å². The normalized spacial score (nSPS) is 18.1. The van der Waals surface area contributed by atoms with Gasteiger partial charge in [0.1, 0.15) is 5.82 Å². The Morgan fingerprint density at radius 2 is 1.95 bits per heavy atom. The standard InChI is InChI=1S/C16H18N2O/c1-10-11(2)17-15(18-16(10)19)14-8-7-12-5-3-4-6-13(12)9-14/h3-6,14H,7-9H2,1-2H3,(H,17,18,19). The van der Waals surface area contributed by atoms with Gasteiger partial charge in [-0.15, -0.1) is 0 Å². The van der Waals surface area contributed by atoms with Crippen LogP contribution in [0.4, 0.5) is 0 Å². The van der Waals surface area contributed by atoms with Crippen molar-refractivity contribution in [2.24, 2.45) is 0 Å². The van der Waals surface area contributed by atoms with Gasteiger partial charge in [0.05, 0.1) is 0 Å². The SMILES string of the molecule is Cc1nc(C2CCc3ccccc3C2)[nH]c(=O)c1C. The predicted molar refractivity (Wildman–Crippen MR) is 75.5 cm³/mol. The van der Waals surface area contributed by atoms with Crippen LogP contribution in [0.3, 0.4) is 0 Å². The minimum atomic E-state index is 0.00126. The molecule has 1 heterocycles. The van der Waals surface area contributed by atoms with Crippen molar-refractivity contribution in [2.75, 3.05) is 0 Å². The van der Waals surface area contributed by atoms with Crippen LogP contribution in [0.2, 0.25) is 0 Å². The van der Waals surface area contributed by atoms with E-state index in [0.717, 1.165) is 36.3 Å². The maximum Gasteiger partial charge on any atom is 0.254 e. The van der Waals surface area contributed by atoms with Crippen LogP contribution in [0.15, 0.2) is 29.1 Å². The lowest BCUT2D eigenvalue weighted by molar-refractivity contribution is 0.550. The zero-order valence-electron chi connectivity index (χ0n) is 11.4. The molecule has 0 fully saturated rings. The minimum Gasteiger partial charge on any atom is -0.310 e. The van der Waals surface area contributed by atoms with Crippen molar-refractivity contribution in [1.82, 2.24) is 9.97 Å². The third kappa shape index (κ3) is 2.21. The number of aromatic amines is 1. The summed E-state index contributed by atoms with van der Waals surface area (Å²) in [7, 11) is 0. The number of H-pyrrole nitrogens is 1. The molecule has 1 aliphatic rings. The molecule has 98 valence electrons. The highest BCUT2D eigenvalue weighted by atomic mass is 16.1. The van der Waals surface area contributed by atoms with Gasteiger partial charge in [0, 0.05) is 17.2 Å². The van der Waals surface area contributed by atoms with Gasteiger partial charge in [0.15, 0.2) is 0 Å². The Bertz CT molecular complexity index is 673. The fraction of sp³-hybridized carbons (Fsp3) is 0.375. The first-order valence-corrected chi connectivity index (χ1v) is 6.79. The molecule has 0 aliphatic heterocycles. The van der Waals surface area contributed by atoms with E-state index in [1.807, 2.05) is 13.8 Å². The van der Waals surface area contributed by atoms with Gasteiger partial charge in [-0.1, -0.05) is 24.3 Å². The molecule has 1 N–H and O–H groups in total. The molecule has 0 saturated heterocycles. The van der Waals surface area contributed by atoms with E-state index < -0.39 is 0 Å². The Morgan fingerprint density at radius 1 is 1.21 bits per heavy atom. The first-order valence-electron chi connectivity index (χ1n) is 6.79. The molecule has 1 aliphatic carbocycles. The maximum atomic E-state index is 11.9. The van der Waals surface area contributed by atoms with E-state index in [0.29, 0.717) is 5.92 Å². The quantitative estimate of drug-likeness (QED) is 0.850. The highest BCUT2D eigenvalue weighted by Crippen LogP contribution is 2.30. The predicted octanol–water partition coefficient (Wildman–Crippen LogP) is 2.66. The van der Waals surface area contributed by atoms with Crippen LogP contribution < -0.4 is 5.56 Å². The van der Waals surface area contributed by atoms with E-state index in [1.54, 1.807) is 0 Å². The lowest BCUT2D eigenvalue weighted by Gasteiger charge is -2.24. The largest absolute Gasteiger partial charge is 0.310 e. The maximum absolute atomic E-state index is 11.9. The van der Waals surface area contributed by atoms with Gasteiger partial charge in [-0.05, 0) is 44.2 Å². The molecular formula is C16H18N2O. The number of rotatable bonds is 1. The summed E-state index contributed by atoms with van der Waals surface area (Å²) in [5, 5.41) is 0. The van der Waals surface area contributed by atoms with E-state index in [4.69, 9.17) is 0 Å². The Balaban J connectivity index is 1.95. The molecule has 1 aromatic heterocycles. The van der Waals surface area contributed by atoms with Crippen LogP contribution in [0.25, 0.3) is 0 Å². The number of hydrogen-bond acceptors (Lipinski definition) is 2. The molecule has 3 nitrogen and oxygen atoms in total. The molecule has 1 aromatic carbocycles. The van der Waals surface area contributed by atoms with Crippen molar-refractivity contribution in [3.8, 4) is 0 Å². The van der Waals surface area contributed by atoms with Crippen molar-refractivity contribution in [3.05, 3.63) is 62.8 Å². The van der Waals surface area contributed by atoms with Gasteiger partial charge in [-0.25, -0.2) is 4.98 Å². The molecular weight excluding hydrogens is 236 g/mol. The Morgan fingerprint density at radius 3 is 2.68 bits per heavy atom. The number of aromatic nitrogens is 2. The molecule has 0 radical (unpaired) electrons. The Kier molecular flexibility index (Phi) is 2.97. The van der Waals surface area contributed by atoms with Crippen LogP contribution in [0.5, 0.6) is 0 Å². The van der Waals surface area contributed by atoms with Crippen molar-refractivity contribution >= 4 is 0 Å². The molecule has 3 rings (SSSR count). The number of nitrogens with one attached hydrogen (secondary N) is 1. The number of nitrogens with zero attached hydrogens (tertiary/aromatic N) is 1. The molecule has 0 amide bonds. The lowest BCUT2D eigenvalue weighted by atomic mass is 9.83. The van der Waals surface area contributed by atoms with Gasteiger partial charge in [0.25, 0.3) is 5.56 Å². The molecule has 1 unspecified atom stereocenters. The molecule has 0 bridgehead atoms. The van der Waals surface area contributed by atoms with Crippen molar-refractivity contribution in [1.29, 1.82) is 0 Å². The summed E-state index contributed by atoms with van der Waals surface area (Å²) < 4.78 is 0. The summed E-state index contributed by atoms with van der Waals surface area (Å²) in [5.41, 5.74) is 4.39. The zero-order valence-corrected chi connectivity index (χ0v) is 11.4. The molecule has 0 spiro atoms. The first kappa shape index (κ1) is 12.2. The van der Waals surface area contributed by atoms with Gasteiger partial charge < -0.3 is 4.98 Å². The molecule has 0 saturated carbocycles. The second-order valence-corrected chi connectivity index (χ2v) is 5.37. The molecule has 2 aromatic rings. The number of benzene rings is 1. The second kappa shape index (κ2) is 4.65. The van der Waals surface area contributed by atoms with Crippen LogP contribution in [0.1, 0.15) is 40.5 Å². The first-order chi connectivity index (χ1) is 9.15. The van der Waals surface area contributed by atoms with Crippen LogP contribution in [-0.2, 0) is 12.8 Å². The second-order valence-electron chi connectivity index (χ2n) is 5.37. The average Bonchev–Trinajstić information content (AvgIpc) is 2.43. The summed E-state index contributed by atoms with van der Waals surface area (Å²) in [6.45, 7) is 3.73. The number of hydrogen-bond donors (Lipinski definition) is 1. The molecule has 1 atom stereocenters. The van der Waals surface area contributed by atoms with E-state index in [9.17, 15) is 4.79 Å². The number of aryl methyl sites for hydroxylation is 2. The number of fused-ring (bicyclic) bond motifs is 1. The average molecular weight is 254 g/mol. The van der Waals surface area contributed by atoms with E-state index in [2.05, 4.69) is 34.2 Å². The summed E-state index contributed by atoms with van der Waals surface area (Å²) in [6.07, 6.45) is 3.10. The zero-order chi connectivity index (χ0) is 13.4. The highest BCUT2D eigenvalue weighted by molar-refractivity contribution is 5.31. The van der Waals surface area contributed by atoms with E-state index >= 15 is 0 Å². The molecule has 3 heteroatoms. The van der Waals surface area contributed by atoms with Gasteiger partial charge in [-0.3, -0.25) is 4.79 Å².